The molecule has 3 rings (SSSR count). The highest BCUT2D eigenvalue weighted by Crippen LogP contribution is 2.38. The highest BCUT2D eigenvalue weighted by atomic mass is 16.5. The molecular weight excluding hydrogens is 360 g/mol. The highest BCUT2D eigenvalue weighted by Gasteiger charge is 2.16. The first-order valence-electron chi connectivity index (χ1n) is 8.37. The Labute approximate surface area is 161 Å². The van der Waals surface area contributed by atoms with E-state index in [1.165, 1.54) is 20.3 Å². The van der Waals surface area contributed by atoms with Crippen molar-refractivity contribution in [2.45, 2.75) is 6.61 Å². The van der Waals surface area contributed by atoms with Crippen LogP contribution in [0.3, 0.4) is 0 Å². The van der Waals surface area contributed by atoms with Crippen molar-refractivity contribution in [1.29, 1.82) is 0 Å². The monoisotopic (exact) mass is 378 g/mol. The van der Waals surface area contributed by atoms with Gasteiger partial charge in [-0.3, -0.25) is 0 Å². The largest absolute Gasteiger partial charge is 0.493 e. The van der Waals surface area contributed by atoms with Crippen LogP contribution in [0.25, 0.3) is 27.4 Å². The number of nitrogens with zero attached hydrogens (tertiary/aromatic N) is 3. The zero-order valence-electron chi connectivity index (χ0n) is 15.4. The Bertz CT molecular complexity index is 1070. The molecule has 0 aliphatic carbocycles. The Balaban J connectivity index is 2.06. The average molecular weight is 378 g/mol. The number of nitrogens with one attached hydrogen (secondary N) is 1. The highest BCUT2D eigenvalue weighted by molar-refractivity contribution is 6.00. The second-order valence-electron chi connectivity index (χ2n) is 5.75. The van der Waals surface area contributed by atoms with Gasteiger partial charge in [-0.25, -0.2) is 4.79 Å². The van der Waals surface area contributed by atoms with Gasteiger partial charge in [0.05, 0.1) is 19.7 Å². The standard InChI is InChI=1S/C20H18N4O4/c1-26-17-11-14(10-16(23-24-21)20(25)27-2)15-8-9-22-18(15)19(17)28-12-13-6-4-3-5-7-13/h3-11,22H,12H2,1-2H3/b16-10+. The average Bonchev–Trinajstić information content (AvgIpc) is 3.22. The minimum Gasteiger partial charge on any atom is -0.493 e. The number of rotatable bonds is 7. The van der Waals surface area contributed by atoms with Gasteiger partial charge in [0.25, 0.3) is 0 Å². The molecule has 1 heterocycles. The smallest absolute Gasteiger partial charge is 0.340 e. The van der Waals surface area contributed by atoms with Gasteiger partial charge in [0.2, 0.25) is 0 Å². The van der Waals surface area contributed by atoms with E-state index in [0.717, 1.165) is 10.9 Å². The van der Waals surface area contributed by atoms with Gasteiger partial charge >= 0.3 is 5.97 Å². The normalized spacial score (nSPS) is 11.0. The van der Waals surface area contributed by atoms with E-state index in [1.54, 1.807) is 12.3 Å². The minimum absolute atomic E-state index is 0.160. The van der Waals surface area contributed by atoms with Crippen LogP contribution in [-0.4, -0.2) is 25.2 Å². The first-order chi connectivity index (χ1) is 13.7. The van der Waals surface area contributed by atoms with Crippen LogP contribution in [0.15, 0.2) is 59.5 Å². The number of aromatic amines is 1. The summed E-state index contributed by atoms with van der Waals surface area (Å²) < 4.78 is 16.2. The van der Waals surface area contributed by atoms with Crippen LogP contribution in [0.1, 0.15) is 11.1 Å². The zero-order valence-corrected chi connectivity index (χ0v) is 15.4. The third-order valence-corrected chi connectivity index (χ3v) is 4.08. The molecule has 8 heteroatoms. The Kier molecular flexibility index (Phi) is 5.84. The molecule has 0 saturated carbocycles. The number of hydrogen-bond acceptors (Lipinski definition) is 5. The number of azide groups is 1. The molecule has 0 fully saturated rings. The van der Waals surface area contributed by atoms with Crippen molar-refractivity contribution < 1.29 is 19.0 Å². The van der Waals surface area contributed by atoms with Gasteiger partial charge in [0, 0.05) is 16.5 Å². The summed E-state index contributed by atoms with van der Waals surface area (Å²) in [5, 5.41) is 4.20. The van der Waals surface area contributed by atoms with Crippen molar-refractivity contribution in [2.75, 3.05) is 14.2 Å². The Morgan fingerprint density at radius 2 is 2.04 bits per heavy atom. The number of fused-ring (bicyclic) bond motifs is 1. The molecule has 0 saturated heterocycles. The van der Waals surface area contributed by atoms with Crippen molar-refractivity contribution in [3.8, 4) is 11.5 Å². The number of carbonyl (C=O) groups is 1. The number of benzene rings is 2. The van der Waals surface area contributed by atoms with E-state index in [-0.39, 0.29) is 5.70 Å². The first kappa shape index (κ1) is 18.9. The lowest BCUT2D eigenvalue weighted by Gasteiger charge is -2.14. The molecule has 28 heavy (non-hydrogen) atoms. The van der Waals surface area contributed by atoms with Gasteiger partial charge < -0.3 is 19.2 Å². The second-order valence-corrected chi connectivity index (χ2v) is 5.75. The number of carbonyl (C=O) groups excluding carboxylic acids is 1. The lowest BCUT2D eigenvalue weighted by atomic mass is 10.1. The van der Waals surface area contributed by atoms with E-state index in [2.05, 4.69) is 19.7 Å². The lowest BCUT2D eigenvalue weighted by Crippen LogP contribution is -2.02. The zero-order chi connectivity index (χ0) is 19.9. The van der Waals surface area contributed by atoms with E-state index in [0.29, 0.717) is 29.2 Å². The van der Waals surface area contributed by atoms with Crippen LogP contribution >= 0.6 is 0 Å². The molecule has 0 aliphatic heterocycles. The molecule has 2 aromatic carbocycles. The van der Waals surface area contributed by atoms with Crippen LogP contribution < -0.4 is 9.47 Å². The van der Waals surface area contributed by atoms with E-state index in [4.69, 9.17) is 15.0 Å². The van der Waals surface area contributed by atoms with Crippen molar-refractivity contribution in [1.82, 2.24) is 4.98 Å². The fourth-order valence-corrected chi connectivity index (χ4v) is 2.78. The topological polar surface area (TPSA) is 109 Å². The van der Waals surface area contributed by atoms with Gasteiger partial charge in [-0.05, 0) is 34.9 Å². The van der Waals surface area contributed by atoms with E-state index in [1.807, 2.05) is 36.4 Å². The maximum absolute atomic E-state index is 11.8. The number of H-pyrrole nitrogens is 1. The van der Waals surface area contributed by atoms with Gasteiger partial charge in [-0.2, -0.15) is 0 Å². The Hall–Kier alpha value is -3.90. The number of aromatic nitrogens is 1. The van der Waals surface area contributed by atoms with Crippen LogP contribution in [0.5, 0.6) is 11.5 Å². The summed E-state index contributed by atoms with van der Waals surface area (Å²) in [7, 11) is 2.75. The van der Waals surface area contributed by atoms with Crippen LogP contribution in [-0.2, 0) is 16.1 Å². The maximum Gasteiger partial charge on any atom is 0.340 e. The molecule has 142 valence electrons. The predicted octanol–water partition coefficient (Wildman–Crippen LogP) is 4.58. The lowest BCUT2D eigenvalue weighted by molar-refractivity contribution is -0.136. The molecule has 0 atom stereocenters. The number of hydrogen-bond donors (Lipinski definition) is 1. The summed E-state index contributed by atoms with van der Waals surface area (Å²) in [5.74, 6) is 0.291. The van der Waals surface area contributed by atoms with Gasteiger partial charge in [0.1, 0.15) is 12.3 Å². The van der Waals surface area contributed by atoms with Crippen LogP contribution in [0, 0.1) is 0 Å². The molecule has 0 unspecified atom stereocenters. The quantitative estimate of drug-likeness (QED) is 0.213. The van der Waals surface area contributed by atoms with Crippen LogP contribution in [0.2, 0.25) is 0 Å². The summed E-state index contributed by atoms with van der Waals surface area (Å²) in [6.07, 6.45) is 3.20. The predicted molar refractivity (Wildman–Crippen MR) is 105 cm³/mol. The summed E-state index contributed by atoms with van der Waals surface area (Å²) in [6, 6.07) is 13.3. The number of methoxy groups -OCH3 is 2. The summed E-state index contributed by atoms with van der Waals surface area (Å²) in [5.41, 5.74) is 10.9. The maximum atomic E-state index is 11.8. The van der Waals surface area contributed by atoms with Crippen molar-refractivity contribution in [2.24, 2.45) is 5.11 Å². The van der Waals surface area contributed by atoms with Crippen molar-refractivity contribution in [3.05, 3.63) is 75.9 Å². The second kappa shape index (κ2) is 8.66. The first-order valence-corrected chi connectivity index (χ1v) is 8.37. The molecule has 0 bridgehead atoms. The Morgan fingerprint density at radius 3 is 2.71 bits per heavy atom. The molecule has 0 amide bonds. The molecule has 1 aromatic heterocycles. The molecular formula is C20H18N4O4. The third kappa shape index (κ3) is 3.92. The van der Waals surface area contributed by atoms with E-state index < -0.39 is 5.97 Å². The van der Waals surface area contributed by atoms with Crippen molar-refractivity contribution >= 4 is 22.9 Å². The molecule has 0 radical (unpaired) electrons. The number of ether oxygens (including phenoxy) is 3. The van der Waals surface area contributed by atoms with Crippen LogP contribution in [0.4, 0.5) is 0 Å². The molecule has 8 nitrogen and oxygen atoms in total. The number of esters is 1. The minimum atomic E-state index is -0.732. The summed E-state index contributed by atoms with van der Waals surface area (Å²) in [6.45, 7) is 0.368. The SMILES string of the molecule is COC(=O)/C(=C\c1cc(OC)c(OCc2ccccc2)c2[nH]ccc12)N=[N+]=[N-]. The fourth-order valence-electron chi connectivity index (χ4n) is 2.78. The molecule has 0 aliphatic rings. The van der Waals surface area contributed by atoms with Gasteiger partial charge in [-0.15, -0.1) is 0 Å². The van der Waals surface area contributed by atoms with Gasteiger partial charge in [0.15, 0.2) is 11.5 Å². The molecule has 0 spiro atoms. The summed E-state index contributed by atoms with van der Waals surface area (Å²) in [4.78, 5) is 17.7. The third-order valence-electron chi connectivity index (χ3n) is 4.08. The van der Waals surface area contributed by atoms with E-state index in [9.17, 15) is 4.79 Å². The molecule has 3 aromatic rings. The fraction of sp³-hybridized carbons (Fsp3) is 0.150. The molecule has 1 N–H and O–H groups in total. The Morgan fingerprint density at radius 1 is 1.25 bits per heavy atom. The van der Waals surface area contributed by atoms with Gasteiger partial charge in [-0.1, -0.05) is 35.4 Å². The summed E-state index contributed by atoms with van der Waals surface area (Å²) >= 11 is 0. The van der Waals surface area contributed by atoms with Crippen molar-refractivity contribution in [3.63, 3.8) is 0 Å². The van der Waals surface area contributed by atoms with E-state index >= 15 is 0 Å².